The molecule has 0 aliphatic carbocycles. The Hall–Kier alpha value is -2.88. The number of amides is 1. The minimum absolute atomic E-state index is 0.0334. The number of aryl methyl sites for hydroxylation is 2. The van der Waals surface area contributed by atoms with Crippen molar-refractivity contribution in [2.45, 2.75) is 6.54 Å². The lowest BCUT2D eigenvalue weighted by molar-refractivity contribution is -0.644. The summed E-state index contributed by atoms with van der Waals surface area (Å²) in [6.45, 7) is 0.604. The van der Waals surface area contributed by atoms with E-state index in [0.29, 0.717) is 6.54 Å². The molecule has 112 valence electrons. The molecule has 2 aromatic carbocycles. The Bertz CT molecular complexity index is 1150. The average Bonchev–Trinajstić information content (AvgIpc) is 3.08. The van der Waals surface area contributed by atoms with Gasteiger partial charge in [-0.15, -0.1) is 0 Å². The van der Waals surface area contributed by atoms with Crippen molar-refractivity contribution >= 4 is 38.6 Å². The van der Waals surface area contributed by atoms with Crippen LogP contribution in [0.3, 0.4) is 0 Å². The first-order valence-corrected chi connectivity index (χ1v) is 7.77. The van der Waals surface area contributed by atoms with E-state index in [1.54, 1.807) is 0 Å². The van der Waals surface area contributed by atoms with Crippen molar-refractivity contribution in [1.82, 2.24) is 9.88 Å². The third-order valence-electron chi connectivity index (χ3n) is 5.04. The molecule has 0 atom stereocenters. The van der Waals surface area contributed by atoms with E-state index in [2.05, 4.69) is 51.8 Å². The largest absolute Gasteiger partial charge is 0.348 e. The molecule has 0 unspecified atom stereocenters. The van der Waals surface area contributed by atoms with E-state index in [1.165, 1.54) is 21.8 Å². The SMILES string of the molecule is Cn1c2ccccc2c2c3c(c4ccc[n+](C)c4c21)C(=O)NC3. The minimum Gasteiger partial charge on any atom is -0.348 e. The molecule has 1 aliphatic rings. The lowest BCUT2D eigenvalue weighted by Crippen LogP contribution is -2.29. The zero-order valence-electron chi connectivity index (χ0n) is 13.1. The zero-order chi connectivity index (χ0) is 15.7. The van der Waals surface area contributed by atoms with Crippen molar-refractivity contribution in [2.75, 3.05) is 0 Å². The number of hydrogen-bond donors (Lipinski definition) is 1. The maximum Gasteiger partial charge on any atom is 0.252 e. The summed E-state index contributed by atoms with van der Waals surface area (Å²) >= 11 is 0. The smallest absolute Gasteiger partial charge is 0.252 e. The lowest BCUT2D eigenvalue weighted by atomic mass is 9.97. The average molecular weight is 302 g/mol. The van der Waals surface area contributed by atoms with Crippen molar-refractivity contribution in [3.05, 3.63) is 53.7 Å². The van der Waals surface area contributed by atoms with Crippen molar-refractivity contribution < 1.29 is 9.36 Å². The Balaban J connectivity index is 2.23. The number of para-hydroxylation sites is 1. The van der Waals surface area contributed by atoms with E-state index in [1.807, 2.05) is 19.3 Å². The highest BCUT2D eigenvalue weighted by atomic mass is 16.1. The highest BCUT2D eigenvalue weighted by molar-refractivity contribution is 6.24. The molecule has 0 fully saturated rings. The van der Waals surface area contributed by atoms with Gasteiger partial charge < -0.3 is 9.88 Å². The maximum atomic E-state index is 12.5. The normalized spacial score (nSPS) is 13.9. The number of carbonyl (C=O) groups excluding carboxylic acids is 1. The Kier molecular flexibility index (Phi) is 2.25. The number of hydrogen-bond acceptors (Lipinski definition) is 1. The number of fused-ring (bicyclic) bond motifs is 8. The van der Waals surface area contributed by atoms with Gasteiger partial charge in [-0.05, 0) is 17.7 Å². The van der Waals surface area contributed by atoms with Crippen LogP contribution < -0.4 is 9.88 Å². The predicted molar refractivity (Wildman–Crippen MR) is 90.3 cm³/mol. The van der Waals surface area contributed by atoms with E-state index in [0.717, 1.165) is 22.0 Å². The predicted octanol–water partition coefficient (Wildman–Crippen LogP) is 2.55. The lowest BCUT2D eigenvalue weighted by Gasteiger charge is -2.06. The Labute approximate surface area is 132 Å². The van der Waals surface area contributed by atoms with Crippen LogP contribution in [-0.2, 0) is 20.6 Å². The topological polar surface area (TPSA) is 37.9 Å². The second-order valence-electron chi connectivity index (χ2n) is 6.22. The number of pyridine rings is 1. The molecule has 1 N–H and O–H groups in total. The van der Waals surface area contributed by atoms with E-state index in [9.17, 15) is 4.79 Å². The van der Waals surface area contributed by atoms with Crippen LogP contribution in [0.15, 0.2) is 42.6 Å². The van der Waals surface area contributed by atoms with Crippen LogP contribution in [0.4, 0.5) is 0 Å². The highest BCUT2D eigenvalue weighted by Crippen LogP contribution is 2.39. The van der Waals surface area contributed by atoms with Gasteiger partial charge in [-0.1, -0.05) is 18.2 Å². The first-order chi connectivity index (χ1) is 11.2. The summed E-state index contributed by atoms with van der Waals surface area (Å²) in [6, 6.07) is 12.5. The summed E-state index contributed by atoms with van der Waals surface area (Å²) in [5, 5.41) is 6.44. The molecular formula is C19H16N3O+. The first kappa shape index (κ1) is 12.6. The van der Waals surface area contributed by atoms with E-state index in [4.69, 9.17) is 0 Å². The molecule has 0 saturated heterocycles. The van der Waals surface area contributed by atoms with Crippen LogP contribution in [0.25, 0.3) is 32.7 Å². The second-order valence-corrected chi connectivity index (χ2v) is 6.22. The molecule has 4 heteroatoms. The first-order valence-electron chi connectivity index (χ1n) is 7.77. The van der Waals surface area contributed by atoms with Crippen LogP contribution in [0.2, 0.25) is 0 Å². The summed E-state index contributed by atoms with van der Waals surface area (Å²) in [5.74, 6) is 0.0334. The van der Waals surface area contributed by atoms with Gasteiger partial charge in [-0.3, -0.25) is 4.79 Å². The van der Waals surface area contributed by atoms with Gasteiger partial charge in [0.1, 0.15) is 12.6 Å². The van der Waals surface area contributed by atoms with E-state index in [-0.39, 0.29) is 5.91 Å². The molecule has 5 rings (SSSR count). The van der Waals surface area contributed by atoms with E-state index < -0.39 is 0 Å². The molecule has 3 heterocycles. The van der Waals surface area contributed by atoms with Crippen molar-refractivity contribution in [3.8, 4) is 0 Å². The summed E-state index contributed by atoms with van der Waals surface area (Å²) < 4.78 is 4.36. The van der Waals surface area contributed by atoms with Gasteiger partial charge in [0.2, 0.25) is 5.52 Å². The van der Waals surface area contributed by atoms with Crippen molar-refractivity contribution in [3.63, 3.8) is 0 Å². The second kappa shape index (κ2) is 4.10. The number of rotatable bonds is 0. The number of aromatic nitrogens is 2. The van der Waals surface area contributed by atoms with Gasteiger partial charge in [-0.2, -0.15) is 4.57 Å². The van der Waals surface area contributed by atoms with Crippen LogP contribution in [0, 0.1) is 0 Å². The van der Waals surface area contributed by atoms with Crippen LogP contribution in [0.5, 0.6) is 0 Å². The van der Waals surface area contributed by atoms with Gasteiger partial charge in [0.25, 0.3) is 5.91 Å². The summed E-state index contributed by atoms with van der Waals surface area (Å²) in [6.07, 6.45) is 2.04. The Morgan fingerprint density at radius 3 is 2.78 bits per heavy atom. The van der Waals surface area contributed by atoms with Gasteiger partial charge in [0.05, 0.1) is 10.9 Å². The maximum absolute atomic E-state index is 12.5. The van der Waals surface area contributed by atoms with Gasteiger partial charge >= 0.3 is 0 Å². The molecule has 4 nitrogen and oxygen atoms in total. The van der Waals surface area contributed by atoms with Gasteiger partial charge in [0.15, 0.2) is 6.20 Å². The summed E-state index contributed by atoms with van der Waals surface area (Å²) in [4.78, 5) is 12.5. The van der Waals surface area contributed by atoms with Crippen LogP contribution in [0.1, 0.15) is 15.9 Å². The third-order valence-corrected chi connectivity index (χ3v) is 5.04. The molecule has 0 saturated carbocycles. The fourth-order valence-corrected chi connectivity index (χ4v) is 4.06. The van der Waals surface area contributed by atoms with E-state index >= 15 is 0 Å². The van der Waals surface area contributed by atoms with Gasteiger partial charge in [-0.25, -0.2) is 0 Å². The number of nitrogens with one attached hydrogen (secondary N) is 1. The molecule has 0 radical (unpaired) electrons. The summed E-state index contributed by atoms with van der Waals surface area (Å²) in [5.41, 5.74) is 5.46. The standard InChI is InChI=1S/C19H15N3O/c1-21-9-5-7-12-16-13(10-20-19(16)23)15-11-6-3-4-8-14(11)22(2)18(15)17(12)21/h3-9H,10H2,1-2H3/p+1. The molecule has 1 aliphatic heterocycles. The number of nitrogens with zero attached hydrogens (tertiary/aromatic N) is 2. The highest BCUT2D eigenvalue weighted by Gasteiger charge is 2.30. The van der Waals surface area contributed by atoms with Crippen LogP contribution >= 0.6 is 0 Å². The Morgan fingerprint density at radius 2 is 1.91 bits per heavy atom. The third kappa shape index (κ3) is 1.41. The molecule has 2 aromatic heterocycles. The molecule has 23 heavy (non-hydrogen) atoms. The Morgan fingerprint density at radius 1 is 1.13 bits per heavy atom. The monoisotopic (exact) mass is 302 g/mol. The number of benzene rings is 2. The molecule has 4 aromatic rings. The zero-order valence-corrected chi connectivity index (χ0v) is 13.1. The molecule has 0 spiro atoms. The van der Waals surface area contributed by atoms with Crippen molar-refractivity contribution in [2.24, 2.45) is 14.1 Å². The quantitative estimate of drug-likeness (QED) is 0.498. The number of carbonyl (C=O) groups is 1. The molecule has 1 amide bonds. The molecule has 0 bridgehead atoms. The minimum atomic E-state index is 0.0334. The van der Waals surface area contributed by atoms with Gasteiger partial charge in [0, 0.05) is 35.9 Å². The fourth-order valence-electron chi connectivity index (χ4n) is 4.06. The molecular weight excluding hydrogens is 286 g/mol. The van der Waals surface area contributed by atoms with Crippen molar-refractivity contribution in [1.29, 1.82) is 0 Å². The summed E-state index contributed by atoms with van der Waals surface area (Å²) in [7, 11) is 4.15. The van der Waals surface area contributed by atoms with Crippen LogP contribution in [-0.4, -0.2) is 10.5 Å². The fraction of sp³-hybridized carbons (Fsp3) is 0.158.